The SMILES string of the molecule is CCc1ccc(CC)c(C#CC(C)(C)N)c1. The first kappa shape index (κ1) is 12.8. The van der Waals surface area contributed by atoms with E-state index in [1.54, 1.807) is 0 Å². The molecule has 86 valence electrons. The van der Waals surface area contributed by atoms with Gasteiger partial charge in [0, 0.05) is 5.56 Å². The third kappa shape index (κ3) is 3.72. The fourth-order valence-electron chi connectivity index (χ4n) is 1.50. The summed E-state index contributed by atoms with van der Waals surface area (Å²) in [7, 11) is 0. The number of rotatable bonds is 2. The van der Waals surface area contributed by atoms with Crippen LogP contribution >= 0.6 is 0 Å². The standard InChI is InChI=1S/C15H21N/c1-5-12-7-8-13(6-2)14(11-12)9-10-15(3,4)16/h7-8,11H,5-6,16H2,1-4H3. The van der Waals surface area contributed by atoms with Crippen LogP contribution in [-0.4, -0.2) is 5.54 Å². The van der Waals surface area contributed by atoms with Crippen LogP contribution in [0.2, 0.25) is 0 Å². The summed E-state index contributed by atoms with van der Waals surface area (Å²) in [4.78, 5) is 0. The molecule has 0 atom stereocenters. The van der Waals surface area contributed by atoms with Crippen LogP contribution < -0.4 is 5.73 Å². The summed E-state index contributed by atoms with van der Waals surface area (Å²) in [5.41, 5.74) is 9.20. The van der Waals surface area contributed by atoms with Gasteiger partial charge in [-0.05, 0) is 43.9 Å². The first-order valence-electron chi connectivity index (χ1n) is 5.90. The Kier molecular flexibility index (Phi) is 4.15. The van der Waals surface area contributed by atoms with E-state index < -0.39 is 5.54 Å². The van der Waals surface area contributed by atoms with Gasteiger partial charge in [0.25, 0.3) is 0 Å². The third-order valence-corrected chi connectivity index (χ3v) is 2.48. The van der Waals surface area contributed by atoms with E-state index >= 15 is 0 Å². The number of hydrogen-bond acceptors (Lipinski definition) is 1. The Morgan fingerprint density at radius 3 is 2.38 bits per heavy atom. The van der Waals surface area contributed by atoms with Crippen molar-refractivity contribution in [3.63, 3.8) is 0 Å². The zero-order valence-electron chi connectivity index (χ0n) is 10.7. The van der Waals surface area contributed by atoms with Crippen molar-refractivity contribution in [3.05, 3.63) is 34.9 Å². The third-order valence-electron chi connectivity index (χ3n) is 2.48. The van der Waals surface area contributed by atoms with Gasteiger partial charge in [-0.1, -0.05) is 37.8 Å². The summed E-state index contributed by atoms with van der Waals surface area (Å²) in [5, 5.41) is 0. The Balaban J connectivity index is 3.13. The predicted molar refractivity (Wildman–Crippen MR) is 70.3 cm³/mol. The molecule has 0 heterocycles. The van der Waals surface area contributed by atoms with Crippen molar-refractivity contribution >= 4 is 0 Å². The highest BCUT2D eigenvalue weighted by atomic mass is 14.7. The predicted octanol–water partition coefficient (Wildman–Crippen LogP) is 2.90. The second-order valence-electron chi connectivity index (χ2n) is 4.67. The molecular weight excluding hydrogens is 194 g/mol. The first-order chi connectivity index (χ1) is 7.46. The first-order valence-corrected chi connectivity index (χ1v) is 5.90. The Hall–Kier alpha value is -1.26. The van der Waals surface area contributed by atoms with Crippen LogP contribution in [0.15, 0.2) is 18.2 Å². The maximum absolute atomic E-state index is 5.87. The van der Waals surface area contributed by atoms with Gasteiger partial charge >= 0.3 is 0 Å². The van der Waals surface area contributed by atoms with Gasteiger partial charge in [-0.3, -0.25) is 0 Å². The van der Waals surface area contributed by atoms with E-state index in [0.717, 1.165) is 18.4 Å². The minimum absolute atomic E-state index is 0.423. The van der Waals surface area contributed by atoms with E-state index in [0.29, 0.717) is 0 Å². The molecule has 0 aliphatic carbocycles. The molecule has 1 heteroatoms. The Morgan fingerprint density at radius 2 is 1.88 bits per heavy atom. The maximum Gasteiger partial charge on any atom is 0.0722 e. The van der Waals surface area contributed by atoms with Crippen molar-refractivity contribution in [2.75, 3.05) is 0 Å². The Labute approximate surface area is 99.1 Å². The van der Waals surface area contributed by atoms with Gasteiger partial charge in [0.2, 0.25) is 0 Å². The van der Waals surface area contributed by atoms with E-state index in [9.17, 15) is 0 Å². The van der Waals surface area contributed by atoms with Crippen molar-refractivity contribution in [1.29, 1.82) is 0 Å². The highest BCUT2D eigenvalue weighted by molar-refractivity contribution is 5.45. The monoisotopic (exact) mass is 215 g/mol. The van der Waals surface area contributed by atoms with Crippen LogP contribution in [0.3, 0.4) is 0 Å². The average molecular weight is 215 g/mol. The Bertz CT molecular complexity index is 413. The van der Waals surface area contributed by atoms with Crippen LogP contribution in [0, 0.1) is 11.8 Å². The highest BCUT2D eigenvalue weighted by Crippen LogP contribution is 2.12. The lowest BCUT2D eigenvalue weighted by atomic mass is 9.99. The topological polar surface area (TPSA) is 26.0 Å². The smallest absolute Gasteiger partial charge is 0.0722 e. The van der Waals surface area contributed by atoms with E-state index in [-0.39, 0.29) is 0 Å². The zero-order valence-corrected chi connectivity index (χ0v) is 10.7. The van der Waals surface area contributed by atoms with Crippen molar-refractivity contribution in [2.45, 2.75) is 46.1 Å². The lowest BCUT2D eigenvalue weighted by Crippen LogP contribution is -2.29. The average Bonchev–Trinajstić information content (AvgIpc) is 2.25. The Morgan fingerprint density at radius 1 is 1.19 bits per heavy atom. The van der Waals surface area contributed by atoms with E-state index in [1.165, 1.54) is 11.1 Å². The maximum atomic E-state index is 5.87. The molecule has 0 radical (unpaired) electrons. The van der Waals surface area contributed by atoms with Gasteiger partial charge in [-0.25, -0.2) is 0 Å². The molecule has 0 bridgehead atoms. The molecule has 0 saturated carbocycles. The lowest BCUT2D eigenvalue weighted by Gasteiger charge is -2.09. The fraction of sp³-hybridized carbons (Fsp3) is 0.467. The number of aryl methyl sites for hydroxylation is 2. The molecule has 2 N–H and O–H groups in total. The summed E-state index contributed by atoms with van der Waals surface area (Å²) in [5.74, 6) is 6.30. The van der Waals surface area contributed by atoms with E-state index in [1.807, 2.05) is 13.8 Å². The summed E-state index contributed by atoms with van der Waals surface area (Å²) in [6.07, 6.45) is 2.06. The molecular formula is C15H21N. The van der Waals surface area contributed by atoms with Crippen LogP contribution in [0.1, 0.15) is 44.4 Å². The van der Waals surface area contributed by atoms with Crippen LogP contribution in [0.5, 0.6) is 0 Å². The quantitative estimate of drug-likeness (QED) is 0.754. The zero-order chi connectivity index (χ0) is 12.2. The van der Waals surface area contributed by atoms with Crippen molar-refractivity contribution in [2.24, 2.45) is 5.73 Å². The molecule has 1 aromatic rings. The largest absolute Gasteiger partial charge is 0.316 e. The second kappa shape index (κ2) is 5.18. The molecule has 0 aromatic heterocycles. The number of benzene rings is 1. The van der Waals surface area contributed by atoms with Gasteiger partial charge in [0.1, 0.15) is 0 Å². The molecule has 16 heavy (non-hydrogen) atoms. The summed E-state index contributed by atoms with van der Waals surface area (Å²) in [6, 6.07) is 6.53. The van der Waals surface area contributed by atoms with Gasteiger partial charge in [-0.15, -0.1) is 0 Å². The molecule has 1 rings (SSSR count). The molecule has 1 nitrogen and oxygen atoms in total. The molecule has 0 amide bonds. The van der Waals surface area contributed by atoms with Gasteiger partial charge in [0.15, 0.2) is 0 Å². The molecule has 0 saturated heterocycles. The van der Waals surface area contributed by atoms with Gasteiger partial charge < -0.3 is 5.73 Å². The minimum atomic E-state index is -0.423. The fourth-order valence-corrected chi connectivity index (χ4v) is 1.50. The van der Waals surface area contributed by atoms with Gasteiger partial charge in [-0.2, -0.15) is 0 Å². The summed E-state index contributed by atoms with van der Waals surface area (Å²) >= 11 is 0. The van der Waals surface area contributed by atoms with Crippen LogP contribution in [-0.2, 0) is 12.8 Å². The minimum Gasteiger partial charge on any atom is -0.316 e. The van der Waals surface area contributed by atoms with Crippen LogP contribution in [0.25, 0.3) is 0 Å². The molecule has 0 aliphatic rings. The van der Waals surface area contributed by atoms with E-state index in [4.69, 9.17) is 5.73 Å². The lowest BCUT2D eigenvalue weighted by molar-refractivity contribution is 0.680. The van der Waals surface area contributed by atoms with Crippen LogP contribution in [0.4, 0.5) is 0 Å². The van der Waals surface area contributed by atoms with Gasteiger partial charge in [0.05, 0.1) is 5.54 Å². The normalized spacial score (nSPS) is 10.8. The summed E-state index contributed by atoms with van der Waals surface area (Å²) in [6.45, 7) is 8.16. The molecule has 0 spiro atoms. The van der Waals surface area contributed by atoms with Crippen molar-refractivity contribution in [3.8, 4) is 11.8 Å². The number of nitrogens with two attached hydrogens (primary N) is 1. The highest BCUT2D eigenvalue weighted by Gasteiger charge is 2.05. The molecule has 1 aromatic carbocycles. The summed E-state index contributed by atoms with van der Waals surface area (Å²) < 4.78 is 0. The van der Waals surface area contributed by atoms with E-state index in [2.05, 4.69) is 43.9 Å². The molecule has 0 aliphatic heterocycles. The molecule has 0 unspecified atom stereocenters. The second-order valence-corrected chi connectivity index (χ2v) is 4.67. The molecule has 0 fully saturated rings. The number of hydrogen-bond donors (Lipinski definition) is 1. The van der Waals surface area contributed by atoms with Crippen molar-refractivity contribution < 1.29 is 0 Å². The van der Waals surface area contributed by atoms with Crippen molar-refractivity contribution in [1.82, 2.24) is 0 Å².